The summed E-state index contributed by atoms with van der Waals surface area (Å²) in [6, 6.07) is 7.83. The zero-order valence-electron chi connectivity index (χ0n) is 14.2. The van der Waals surface area contributed by atoms with E-state index in [1.54, 1.807) is 36.2 Å². The van der Waals surface area contributed by atoms with E-state index in [4.69, 9.17) is 16.3 Å². The van der Waals surface area contributed by atoms with Crippen molar-refractivity contribution in [1.29, 1.82) is 0 Å². The lowest BCUT2D eigenvalue weighted by atomic mass is 10.1. The Balaban J connectivity index is 1.71. The molecule has 8 heteroatoms. The second-order valence-electron chi connectivity index (χ2n) is 5.93. The summed E-state index contributed by atoms with van der Waals surface area (Å²) in [7, 11) is 1.55. The maximum Gasteiger partial charge on any atom is 0.269 e. The maximum absolute atomic E-state index is 12.4. The average molecular weight is 376 g/mol. The van der Waals surface area contributed by atoms with Crippen LogP contribution in [0.15, 0.2) is 41.3 Å². The summed E-state index contributed by atoms with van der Waals surface area (Å²) in [6.45, 7) is 2.20. The molecule has 0 unspecified atom stereocenters. The molecule has 1 aliphatic heterocycles. The van der Waals surface area contributed by atoms with E-state index in [1.807, 2.05) is 0 Å². The van der Waals surface area contributed by atoms with Crippen LogP contribution in [0.25, 0.3) is 0 Å². The van der Waals surface area contributed by atoms with Crippen molar-refractivity contribution in [3.63, 3.8) is 0 Å². The second-order valence-corrected chi connectivity index (χ2v) is 6.34. The summed E-state index contributed by atoms with van der Waals surface area (Å²) in [5.41, 5.74) is 0.994. The van der Waals surface area contributed by atoms with Gasteiger partial charge in [0.1, 0.15) is 5.02 Å². The van der Waals surface area contributed by atoms with Crippen LogP contribution in [0.4, 0.5) is 5.69 Å². The van der Waals surface area contributed by atoms with Crippen LogP contribution in [-0.4, -0.2) is 47.6 Å². The van der Waals surface area contributed by atoms with Crippen LogP contribution >= 0.6 is 11.6 Å². The number of hydrogen-bond donors (Lipinski definition) is 1. The van der Waals surface area contributed by atoms with Gasteiger partial charge in [0, 0.05) is 37.5 Å². The molecule has 1 aromatic heterocycles. The predicted octanol–water partition coefficient (Wildman–Crippen LogP) is 1.76. The lowest BCUT2D eigenvalue weighted by molar-refractivity contribution is 0.0303. The monoisotopic (exact) mass is 375 g/mol. The van der Waals surface area contributed by atoms with Gasteiger partial charge in [-0.2, -0.15) is 0 Å². The van der Waals surface area contributed by atoms with Crippen LogP contribution in [0.3, 0.4) is 0 Å². The highest BCUT2D eigenvalue weighted by molar-refractivity contribution is 6.30. The lowest BCUT2D eigenvalue weighted by Crippen LogP contribution is -2.40. The molecule has 1 N–H and O–H groups in total. The number of amides is 2. The zero-order chi connectivity index (χ0) is 18.7. The topological polar surface area (TPSA) is 80.6 Å². The molecular formula is C18H18ClN3O4. The Morgan fingerprint density at radius 3 is 2.35 bits per heavy atom. The molecule has 0 aliphatic carbocycles. The molecule has 0 atom stereocenters. The first-order valence-corrected chi connectivity index (χ1v) is 8.48. The molecule has 2 heterocycles. The minimum absolute atomic E-state index is 0.0248. The van der Waals surface area contributed by atoms with Gasteiger partial charge in [-0.1, -0.05) is 11.6 Å². The lowest BCUT2D eigenvalue weighted by Gasteiger charge is -2.26. The normalized spacial score (nSPS) is 14.2. The number of ether oxygens (including phenoxy) is 1. The quantitative estimate of drug-likeness (QED) is 0.886. The summed E-state index contributed by atoms with van der Waals surface area (Å²) in [5.74, 6) is -0.435. The van der Waals surface area contributed by atoms with Gasteiger partial charge in [0.25, 0.3) is 17.4 Å². The number of nitrogens with zero attached hydrogens (tertiary/aromatic N) is 2. The Kier molecular flexibility index (Phi) is 5.39. The summed E-state index contributed by atoms with van der Waals surface area (Å²) in [6.07, 6.45) is 1.49. The third kappa shape index (κ3) is 3.95. The molecule has 0 spiro atoms. The number of carbonyl (C=O) groups excluding carboxylic acids is 2. The molecule has 0 radical (unpaired) electrons. The fourth-order valence-electron chi connectivity index (χ4n) is 2.66. The predicted molar refractivity (Wildman–Crippen MR) is 97.8 cm³/mol. The standard InChI is InChI=1S/C18H18ClN3O4/c1-21-11-14(10-15(19)18(21)25)20-16(23)12-2-4-13(5-3-12)17(24)22-6-8-26-9-7-22/h2-5,10-11H,6-9H2,1H3,(H,20,23). The second kappa shape index (κ2) is 7.72. The van der Waals surface area contributed by atoms with E-state index in [2.05, 4.69) is 5.32 Å². The summed E-state index contributed by atoms with van der Waals surface area (Å²) in [5, 5.41) is 2.71. The van der Waals surface area contributed by atoms with E-state index in [0.717, 1.165) is 0 Å². The van der Waals surface area contributed by atoms with Crippen molar-refractivity contribution in [2.75, 3.05) is 31.6 Å². The van der Waals surface area contributed by atoms with Gasteiger partial charge in [-0.25, -0.2) is 0 Å². The number of hydrogen-bond acceptors (Lipinski definition) is 4. The first-order chi connectivity index (χ1) is 12.5. The van der Waals surface area contributed by atoms with Crippen molar-refractivity contribution >= 4 is 29.1 Å². The molecule has 7 nitrogen and oxygen atoms in total. The van der Waals surface area contributed by atoms with Crippen LogP contribution in [-0.2, 0) is 11.8 Å². The number of aromatic nitrogens is 1. The fraction of sp³-hybridized carbons (Fsp3) is 0.278. The summed E-state index contributed by atoms with van der Waals surface area (Å²) >= 11 is 5.84. The number of anilines is 1. The Labute approximate surface area is 155 Å². The third-order valence-corrected chi connectivity index (χ3v) is 4.36. The Morgan fingerprint density at radius 1 is 1.12 bits per heavy atom. The number of halogens is 1. The van der Waals surface area contributed by atoms with Gasteiger partial charge in [-0.05, 0) is 30.3 Å². The van der Waals surface area contributed by atoms with Gasteiger partial charge in [0.05, 0.1) is 18.9 Å². The smallest absolute Gasteiger partial charge is 0.269 e. The first-order valence-electron chi connectivity index (χ1n) is 8.10. The van der Waals surface area contributed by atoms with Crippen molar-refractivity contribution in [3.8, 4) is 0 Å². The number of rotatable bonds is 3. The van der Waals surface area contributed by atoms with Gasteiger partial charge >= 0.3 is 0 Å². The van der Waals surface area contributed by atoms with Crippen LogP contribution in [0.1, 0.15) is 20.7 Å². The van der Waals surface area contributed by atoms with E-state index in [1.165, 1.54) is 16.8 Å². The minimum atomic E-state index is -0.356. The molecule has 1 aliphatic rings. The zero-order valence-corrected chi connectivity index (χ0v) is 15.0. The van der Waals surface area contributed by atoms with Crippen molar-refractivity contribution < 1.29 is 14.3 Å². The molecule has 3 rings (SSSR count). The molecule has 1 fully saturated rings. The van der Waals surface area contributed by atoms with E-state index in [9.17, 15) is 14.4 Å². The van der Waals surface area contributed by atoms with Gasteiger partial charge in [0.15, 0.2) is 0 Å². The maximum atomic E-state index is 12.4. The molecule has 0 saturated carbocycles. The van der Waals surface area contributed by atoms with Crippen LogP contribution < -0.4 is 10.9 Å². The molecule has 1 aromatic carbocycles. The molecule has 26 heavy (non-hydrogen) atoms. The molecule has 1 saturated heterocycles. The van der Waals surface area contributed by atoms with Crippen molar-refractivity contribution in [3.05, 3.63) is 63.0 Å². The van der Waals surface area contributed by atoms with Gasteiger partial charge in [0.2, 0.25) is 0 Å². The van der Waals surface area contributed by atoms with E-state index >= 15 is 0 Å². The molecular weight excluding hydrogens is 358 g/mol. The van der Waals surface area contributed by atoms with E-state index in [0.29, 0.717) is 43.1 Å². The summed E-state index contributed by atoms with van der Waals surface area (Å²) in [4.78, 5) is 38.1. The van der Waals surface area contributed by atoms with Crippen LogP contribution in [0, 0.1) is 0 Å². The van der Waals surface area contributed by atoms with Gasteiger partial charge in [-0.3, -0.25) is 14.4 Å². The number of carbonyl (C=O) groups is 2. The molecule has 2 aromatic rings. The largest absolute Gasteiger partial charge is 0.378 e. The Morgan fingerprint density at radius 2 is 1.73 bits per heavy atom. The molecule has 0 bridgehead atoms. The van der Waals surface area contributed by atoms with Crippen molar-refractivity contribution in [2.24, 2.45) is 7.05 Å². The average Bonchev–Trinajstić information content (AvgIpc) is 2.66. The number of nitrogens with one attached hydrogen (secondary N) is 1. The van der Waals surface area contributed by atoms with Gasteiger partial charge in [-0.15, -0.1) is 0 Å². The Hall–Kier alpha value is -2.64. The number of benzene rings is 1. The van der Waals surface area contributed by atoms with Gasteiger partial charge < -0.3 is 19.5 Å². The van der Waals surface area contributed by atoms with Crippen LogP contribution in [0.5, 0.6) is 0 Å². The first kappa shape index (κ1) is 18.2. The number of morpholine rings is 1. The highest BCUT2D eigenvalue weighted by Gasteiger charge is 2.18. The van der Waals surface area contributed by atoms with Crippen molar-refractivity contribution in [1.82, 2.24) is 9.47 Å². The minimum Gasteiger partial charge on any atom is -0.378 e. The van der Waals surface area contributed by atoms with Crippen molar-refractivity contribution in [2.45, 2.75) is 0 Å². The van der Waals surface area contributed by atoms with E-state index < -0.39 is 0 Å². The van der Waals surface area contributed by atoms with Crippen LogP contribution in [0.2, 0.25) is 5.02 Å². The fourth-order valence-corrected chi connectivity index (χ4v) is 2.91. The number of aryl methyl sites for hydroxylation is 1. The SMILES string of the molecule is Cn1cc(NC(=O)c2ccc(C(=O)N3CCOCC3)cc2)cc(Cl)c1=O. The molecule has 136 valence electrons. The highest BCUT2D eigenvalue weighted by atomic mass is 35.5. The third-order valence-electron chi connectivity index (χ3n) is 4.09. The molecule has 2 amide bonds. The Bertz CT molecular complexity index is 860. The highest BCUT2D eigenvalue weighted by Crippen LogP contribution is 2.14. The number of pyridine rings is 1. The van der Waals surface area contributed by atoms with E-state index in [-0.39, 0.29) is 22.4 Å². The summed E-state index contributed by atoms with van der Waals surface area (Å²) < 4.78 is 6.53.